The van der Waals surface area contributed by atoms with Gasteiger partial charge in [0, 0.05) is 31.7 Å². The van der Waals surface area contributed by atoms with E-state index in [0.717, 1.165) is 11.5 Å². The molecule has 2 aromatic heterocycles. The summed E-state index contributed by atoms with van der Waals surface area (Å²) in [5, 5.41) is 4.03. The molecule has 0 unspecified atom stereocenters. The lowest BCUT2D eigenvalue weighted by Crippen LogP contribution is -2.42. The molecule has 2 aromatic rings. The Kier molecular flexibility index (Phi) is 3.27. The Bertz CT molecular complexity index is 618. The van der Waals surface area contributed by atoms with E-state index in [2.05, 4.69) is 15.1 Å². The summed E-state index contributed by atoms with van der Waals surface area (Å²) < 4.78 is 7.32. The number of nitrogens with zero attached hydrogens (tertiary/aromatic N) is 4. The molecular formula is C13H17N5O2. The summed E-state index contributed by atoms with van der Waals surface area (Å²) >= 11 is 0. The van der Waals surface area contributed by atoms with E-state index in [4.69, 9.17) is 4.74 Å². The monoisotopic (exact) mass is 275 g/mol. The molecule has 20 heavy (non-hydrogen) atoms. The van der Waals surface area contributed by atoms with Crippen molar-refractivity contribution in [2.45, 2.75) is 13.0 Å². The molecule has 1 atom stereocenters. The molecule has 0 saturated carbocycles. The molecule has 0 aliphatic carbocycles. The number of hydrogen-bond acceptors (Lipinski definition) is 4. The minimum atomic E-state index is -0.196. The van der Waals surface area contributed by atoms with Gasteiger partial charge in [-0.3, -0.25) is 9.48 Å². The fraction of sp³-hybridized carbons (Fsp3) is 0.462. The number of aromatic nitrogens is 4. The SMILES string of the molecule is Cc1cnc([C@H]2CN(C(=O)c3cnn(C)c3)CCO2)[nH]1. The molecule has 1 aliphatic rings. The molecule has 1 aliphatic heterocycles. The van der Waals surface area contributed by atoms with Crippen LogP contribution in [0.15, 0.2) is 18.6 Å². The van der Waals surface area contributed by atoms with E-state index in [0.29, 0.717) is 25.3 Å². The van der Waals surface area contributed by atoms with Crippen molar-refractivity contribution >= 4 is 5.91 Å². The van der Waals surface area contributed by atoms with Crippen LogP contribution in [-0.4, -0.2) is 50.3 Å². The van der Waals surface area contributed by atoms with Crippen molar-refractivity contribution in [2.75, 3.05) is 19.7 Å². The van der Waals surface area contributed by atoms with Crippen molar-refractivity contribution in [3.63, 3.8) is 0 Å². The molecule has 3 heterocycles. The summed E-state index contributed by atoms with van der Waals surface area (Å²) in [6.07, 6.45) is 4.88. The predicted molar refractivity (Wildman–Crippen MR) is 71.1 cm³/mol. The zero-order valence-corrected chi connectivity index (χ0v) is 11.5. The molecule has 1 amide bonds. The van der Waals surface area contributed by atoms with Crippen molar-refractivity contribution in [1.29, 1.82) is 0 Å². The highest BCUT2D eigenvalue weighted by molar-refractivity contribution is 5.93. The Morgan fingerprint density at radius 3 is 3.00 bits per heavy atom. The first-order valence-corrected chi connectivity index (χ1v) is 6.54. The van der Waals surface area contributed by atoms with Gasteiger partial charge in [-0.1, -0.05) is 0 Å². The first kappa shape index (κ1) is 12.9. The molecule has 7 heteroatoms. The summed E-state index contributed by atoms with van der Waals surface area (Å²) in [5.41, 5.74) is 1.59. The summed E-state index contributed by atoms with van der Waals surface area (Å²) in [7, 11) is 1.80. The Labute approximate surface area is 116 Å². The largest absolute Gasteiger partial charge is 0.367 e. The number of H-pyrrole nitrogens is 1. The van der Waals surface area contributed by atoms with Gasteiger partial charge in [-0.2, -0.15) is 5.10 Å². The van der Waals surface area contributed by atoms with E-state index in [9.17, 15) is 4.79 Å². The molecule has 0 spiro atoms. The maximum absolute atomic E-state index is 12.4. The van der Waals surface area contributed by atoms with E-state index < -0.39 is 0 Å². The normalized spacial score (nSPS) is 19.3. The number of morpholine rings is 1. The zero-order valence-electron chi connectivity index (χ0n) is 11.5. The van der Waals surface area contributed by atoms with Gasteiger partial charge in [-0.15, -0.1) is 0 Å². The van der Waals surface area contributed by atoms with Gasteiger partial charge in [0.1, 0.15) is 11.9 Å². The van der Waals surface area contributed by atoms with Crippen LogP contribution in [0.2, 0.25) is 0 Å². The highest BCUT2D eigenvalue weighted by atomic mass is 16.5. The topological polar surface area (TPSA) is 76.0 Å². The average molecular weight is 275 g/mol. The molecule has 1 saturated heterocycles. The minimum absolute atomic E-state index is 0.0188. The van der Waals surface area contributed by atoms with Crippen molar-refractivity contribution in [1.82, 2.24) is 24.6 Å². The first-order chi connectivity index (χ1) is 9.63. The molecule has 0 radical (unpaired) electrons. The molecule has 1 fully saturated rings. The van der Waals surface area contributed by atoms with Crippen LogP contribution in [0.5, 0.6) is 0 Å². The summed E-state index contributed by atoms with van der Waals surface area (Å²) in [4.78, 5) is 21.6. The Hall–Kier alpha value is -2.15. The smallest absolute Gasteiger partial charge is 0.257 e. The van der Waals surface area contributed by atoms with Gasteiger partial charge in [-0.25, -0.2) is 4.98 Å². The fourth-order valence-corrected chi connectivity index (χ4v) is 2.31. The third-order valence-electron chi connectivity index (χ3n) is 3.33. The van der Waals surface area contributed by atoms with Crippen LogP contribution in [0, 0.1) is 6.92 Å². The number of aromatic amines is 1. The maximum atomic E-state index is 12.4. The standard InChI is InChI=1S/C13H17N5O2/c1-9-5-14-12(16-9)11-8-18(3-4-20-11)13(19)10-6-15-17(2)7-10/h5-7,11H,3-4,8H2,1-2H3,(H,14,16)/t11-/m1/s1. The molecule has 0 bridgehead atoms. The van der Waals surface area contributed by atoms with Crippen LogP contribution in [0.1, 0.15) is 28.0 Å². The third kappa shape index (κ3) is 2.44. The molecule has 0 aromatic carbocycles. The van der Waals surface area contributed by atoms with Crippen LogP contribution in [0.3, 0.4) is 0 Å². The van der Waals surface area contributed by atoms with Crippen molar-refractivity contribution < 1.29 is 9.53 Å². The van der Waals surface area contributed by atoms with Crippen molar-refractivity contribution in [3.05, 3.63) is 35.7 Å². The average Bonchev–Trinajstić information content (AvgIpc) is 3.07. The predicted octanol–water partition coefficient (Wildman–Crippen LogP) is 0.665. The molecule has 1 N–H and O–H groups in total. The number of ether oxygens (including phenoxy) is 1. The lowest BCUT2D eigenvalue weighted by atomic mass is 10.2. The minimum Gasteiger partial charge on any atom is -0.367 e. The number of hydrogen-bond donors (Lipinski definition) is 1. The lowest BCUT2D eigenvalue weighted by molar-refractivity contribution is -0.0264. The quantitative estimate of drug-likeness (QED) is 0.873. The number of carbonyl (C=O) groups is 1. The van der Waals surface area contributed by atoms with Crippen LogP contribution in [-0.2, 0) is 11.8 Å². The number of imidazole rings is 1. The van der Waals surface area contributed by atoms with Crippen LogP contribution in [0.4, 0.5) is 0 Å². The van der Waals surface area contributed by atoms with Gasteiger partial charge in [0.15, 0.2) is 0 Å². The summed E-state index contributed by atoms with van der Waals surface area (Å²) in [5.74, 6) is 0.751. The van der Waals surface area contributed by atoms with Gasteiger partial charge in [0.05, 0.1) is 24.9 Å². The van der Waals surface area contributed by atoms with Gasteiger partial charge >= 0.3 is 0 Å². The van der Waals surface area contributed by atoms with Crippen LogP contribution >= 0.6 is 0 Å². The van der Waals surface area contributed by atoms with E-state index >= 15 is 0 Å². The summed E-state index contributed by atoms with van der Waals surface area (Å²) in [6.45, 7) is 3.54. The van der Waals surface area contributed by atoms with Gasteiger partial charge < -0.3 is 14.6 Å². The third-order valence-corrected chi connectivity index (χ3v) is 3.33. The fourth-order valence-electron chi connectivity index (χ4n) is 2.31. The number of nitrogens with one attached hydrogen (secondary N) is 1. The van der Waals surface area contributed by atoms with E-state index in [1.165, 1.54) is 0 Å². The van der Waals surface area contributed by atoms with E-state index in [1.54, 1.807) is 35.2 Å². The van der Waals surface area contributed by atoms with Gasteiger partial charge in [0.2, 0.25) is 0 Å². The number of rotatable bonds is 2. The maximum Gasteiger partial charge on any atom is 0.257 e. The Morgan fingerprint density at radius 2 is 2.35 bits per heavy atom. The highest BCUT2D eigenvalue weighted by Crippen LogP contribution is 2.20. The Morgan fingerprint density at radius 1 is 1.50 bits per heavy atom. The van der Waals surface area contributed by atoms with Crippen LogP contribution in [0.25, 0.3) is 0 Å². The molecule has 7 nitrogen and oxygen atoms in total. The zero-order chi connectivity index (χ0) is 14.1. The number of carbonyl (C=O) groups excluding carboxylic acids is 1. The van der Waals surface area contributed by atoms with Gasteiger partial charge in [0.25, 0.3) is 5.91 Å². The Balaban J connectivity index is 1.73. The highest BCUT2D eigenvalue weighted by Gasteiger charge is 2.28. The summed E-state index contributed by atoms with van der Waals surface area (Å²) in [6, 6.07) is 0. The first-order valence-electron chi connectivity index (χ1n) is 6.54. The number of aryl methyl sites for hydroxylation is 2. The van der Waals surface area contributed by atoms with Gasteiger partial charge in [-0.05, 0) is 6.92 Å². The van der Waals surface area contributed by atoms with E-state index in [-0.39, 0.29) is 12.0 Å². The second-order valence-electron chi connectivity index (χ2n) is 4.96. The second kappa shape index (κ2) is 5.09. The van der Waals surface area contributed by atoms with Crippen molar-refractivity contribution in [3.8, 4) is 0 Å². The molecule has 3 rings (SSSR count). The van der Waals surface area contributed by atoms with Crippen molar-refractivity contribution in [2.24, 2.45) is 7.05 Å². The molecular weight excluding hydrogens is 258 g/mol. The second-order valence-corrected chi connectivity index (χ2v) is 4.96. The molecule has 106 valence electrons. The van der Waals surface area contributed by atoms with Crippen LogP contribution < -0.4 is 0 Å². The number of amides is 1. The lowest BCUT2D eigenvalue weighted by Gasteiger charge is -2.31. The van der Waals surface area contributed by atoms with E-state index in [1.807, 2.05) is 6.92 Å².